The molecule has 182 valence electrons. The number of nitrogens with one attached hydrogen (secondary N) is 1. The number of amides is 2. The van der Waals surface area contributed by atoms with Gasteiger partial charge in [0.15, 0.2) is 0 Å². The van der Waals surface area contributed by atoms with Gasteiger partial charge in [-0.1, -0.05) is 72.4 Å². The summed E-state index contributed by atoms with van der Waals surface area (Å²) < 4.78 is 1.78. The van der Waals surface area contributed by atoms with Crippen molar-refractivity contribution in [3.63, 3.8) is 0 Å². The molecule has 0 saturated heterocycles. The molecule has 0 atom stereocenters. The minimum absolute atomic E-state index is 0.0610. The highest BCUT2D eigenvalue weighted by Crippen LogP contribution is 2.26. The third kappa shape index (κ3) is 8.34. The molecule has 6 heteroatoms. The van der Waals surface area contributed by atoms with Gasteiger partial charge in [-0.3, -0.25) is 9.59 Å². The van der Waals surface area contributed by atoms with Gasteiger partial charge in [0.25, 0.3) is 0 Å². The monoisotopic (exact) mass is 454 g/mol. The fraction of sp³-hybridized carbons (Fsp3) is 0.593. The maximum Gasteiger partial charge on any atom is 0.245 e. The average molecular weight is 455 g/mol. The maximum atomic E-state index is 13.0. The fourth-order valence-electron chi connectivity index (χ4n) is 3.75. The van der Waals surface area contributed by atoms with E-state index in [0.717, 1.165) is 42.6 Å². The van der Waals surface area contributed by atoms with Crippen molar-refractivity contribution in [2.75, 3.05) is 18.4 Å². The summed E-state index contributed by atoms with van der Waals surface area (Å²) in [7, 11) is 0. The Morgan fingerprint density at radius 1 is 1.03 bits per heavy atom. The minimum atomic E-state index is -0.197. The lowest BCUT2D eigenvalue weighted by Crippen LogP contribution is -2.38. The number of nitrogens with zero attached hydrogens (tertiary/aromatic N) is 3. The molecule has 0 spiro atoms. The number of benzene rings is 1. The van der Waals surface area contributed by atoms with Crippen LogP contribution in [0.1, 0.15) is 90.8 Å². The Morgan fingerprint density at radius 3 is 2.39 bits per heavy atom. The summed E-state index contributed by atoms with van der Waals surface area (Å²) in [6.07, 6.45) is 6.84. The van der Waals surface area contributed by atoms with Gasteiger partial charge in [0, 0.05) is 24.4 Å². The van der Waals surface area contributed by atoms with E-state index >= 15 is 0 Å². The molecule has 2 rings (SSSR count). The third-order valence-electron chi connectivity index (χ3n) is 5.67. The number of carbonyl (C=O) groups is 2. The number of hydrogen-bond donors (Lipinski definition) is 1. The first-order chi connectivity index (χ1) is 15.7. The Labute approximate surface area is 199 Å². The van der Waals surface area contributed by atoms with Gasteiger partial charge in [-0.25, -0.2) is 4.68 Å². The Bertz CT molecular complexity index is 911. The Hall–Kier alpha value is -2.63. The molecule has 0 aliphatic carbocycles. The molecule has 2 amide bonds. The van der Waals surface area contributed by atoms with E-state index in [1.165, 1.54) is 12.8 Å². The molecule has 0 radical (unpaired) electrons. The van der Waals surface area contributed by atoms with Crippen LogP contribution in [-0.4, -0.2) is 39.6 Å². The molecule has 1 N–H and O–H groups in total. The number of aryl methyl sites for hydroxylation is 1. The summed E-state index contributed by atoms with van der Waals surface area (Å²) in [5, 5.41) is 7.80. The lowest BCUT2D eigenvalue weighted by molar-refractivity contribution is -0.134. The summed E-state index contributed by atoms with van der Waals surface area (Å²) >= 11 is 0. The molecule has 1 aromatic carbocycles. The predicted molar refractivity (Wildman–Crippen MR) is 136 cm³/mol. The quantitative estimate of drug-likeness (QED) is 0.399. The molecule has 0 aliphatic rings. The van der Waals surface area contributed by atoms with Gasteiger partial charge in [-0.2, -0.15) is 5.10 Å². The standard InChI is InChI=1S/C27H42N4O2/c1-7-9-10-11-12-16-26(33)30(17-8-2)20-25(32)28-24-19-23(27(4,5)6)29-31(24)22-15-13-14-21(3)18-22/h13-15,18-19H,7-12,16-17,20H2,1-6H3,(H,28,32). The second kappa shape index (κ2) is 12.6. The normalized spacial score (nSPS) is 11.5. The first kappa shape index (κ1) is 26.6. The molecule has 1 aromatic heterocycles. The first-order valence-electron chi connectivity index (χ1n) is 12.4. The van der Waals surface area contributed by atoms with Crippen LogP contribution in [0.4, 0.5) is 5.82 Å². The second-order valence-corrected chi connectivity index (χ2v) is 9.94. The van der Waals surface area contributed by atoms with E-state index in [4.69, 9.17) is 5.10 Å². The van der Waals surface area contributed by atoms with E-state index in [0.29, 0.717) is 18.8 Å². The number of rotatable bonds is 12. The Morgan fingerprint density at radius 2 is 1.76 bits per heavy atom. The van der Waals surface area contributed by atoms with Crippen LogP contribution >= 0.6 is 0 Å². The van der Waals surface area contributed by atoms with Crippen molar-refractivity contribution in [3.8, 4) is 5.69 Å². The van der Waals surface area contributed by atoms with Crippen LogP contribution in [0.25, 0.3) is 5.69 Å². The van der Waals surface area contributed by atoms with E-state index in [1.54, 1.807) is 9.58 Å². The smallest absolute Gasteiger partial charge is 0.245 e. The van der Waals surface area contributed by atoms with Gasteiger partial charge in [-0.05, 0) is 37.5 Å². The van der Waals surface area contributed by atoms with E-state index in [9.17, 15) is 9.59 Å². The zero-order chi connectivity index (χ0) is 24.4. The van der Waals surface area contributed by atoms with Crippen LogP contribution in [0, 0.1) is 6.92 Å². The number of hydrogen-bond acceptors (Lipinski definition) is 3. The predicted octanol–water partition coefficient (Wildman–Crippen LogP) is 6.02. The Kier molecular flexibility index (Phi) is 10.1. The van der Waals surface area contributed by atoms with E-state index in [1.807, 2.05) is 44.2 Å². The van der Waals surface area contributed by atoms with Crippen molar-refractivity contribution in [2.24, 2.45) is 0 Å². The number of unbranched alkanes of at least 4 members (excludes halogenated alkanes) is 4. The van der Waals surface area contributed by atoms with Crippen molar-refractivity contribution < 1.29 is 9.59 Å². The highest BCUT2D eigenvalue weighted by Gasteiger charge is 2.23. The van der Waals surface area contributed by atoms with Crippen molar-refractivity contribution in [2.45, 2.75) is 91.9 Å². The summed E-state index contributed by atoms with van der Waals surface area (Å²) in [5.74, 6) is 0.488. The molecule has 1 heterocycles. The van der Waals surface area contributed by atoms with Crippen LogP contribution in [0.15, 0.2) is 30.3 Å². The van der Waals surface area contributed by atoms with Crippen LogP contribution in [0.2, 0.25) is 0 Å². The maximum absolute atomic E-state index is 13.0. The topological polar surface area (TPSA) is 67.2 Å². The van der Waals surface area contributed by atoms with E-state index in [-0.39, 0.29) is 23.8 Å². The molecular weight excluding hydrogens is 412 g/mol. The van der Waals surface area contributed by atoms with Crippen LogP contribution in [-0.2, 0) is 15.0 Å². The van der Waals surface area contributed by atoms with Crippen molar-refractivity contribution in [1.29, 1.82) is 0 Å². The molecule has 33 heavy (non-hydrogen) atoms. The van der Waals surface area contributed by atoms with Crippen molar-refractivity contribution in [3.05, 3.63) is 41.6 Å². The number of carbonyl (C=O) groups excluding carboxylic acids is 2. The highest BCUT2D eigenvalue weighted by atomic mass is 16.2. The van der Waals surface area contributed by atoms with E-state index in [2.05, 4.69) is 33.0 Å². The third-order valence-corrected chi connectivity index (χ3v) is 5.67. The highest BCUT2D eigenvalue weighted by molar-refractivity contribution is 5.94. The zero-order valence-corrected chi connectivity index (χ0v) is 21.4. The average Bonchev–Trinajstić information content (AvgIpc) is 3.17. The van der Waals surface area contributed by atoms with Crippen LogP contribution in [0.3, 0.4) is 0 Å². The number of aromatic nitrogens is 2. The minimum Gasteiger partial charge on any atom is -0.333 e. The van der Waals surface area contributed by atoms with Crippen LogP contribution < -0.4 is 5.32 Å². The summed E-state index contributed by atoms with van der Waals surface area (Å²) in [6.45, 7) is 13.2. The lowest BCUT2D eigenvalue weighted by atomic mass is 9.92. The van der Waals surface area contributed by atoms with Crippen molar-refractivity contribution >= 4 is 17.6 Å². The van der Waals surface area contributed by atoms with Gasteiger partial charge < -0.3 is 10.2 Å². The zero-order valence-electron chi connectivity index (χ0n) is 21.4. The van der Waals surface area contributed by atoms with E-state index < -0.39 is 0 Å². The Balaban J connectivity index is 2.13. The van der Waals surface area contributed by atoms with Crippen molar-refractivity contribution in [1.82, 2.24) is 14.7 Å². The fourth-order valence-corrected chi connectivity index (χ4v) is 3.75. The molecule has 6 nitrogen and oxygen atoms in total. The summed E-state index contributed by atoms with van der Waals surface area (Å²) in [4.78, 5) is 27.4. The number of anilines is 1. The lowest BCUT2D eigenvalue weighted by Gasteiger charge is -2.22. The van der Waals surface area contributed by atoms with Gasteiger partial charge >= 0.3 is 0 Å². The van der Waals surface area contributed by atoms with Gasteiger partial charge in [0.1, 0.15) is 5.82 Å². The molecule has 0 fully saturated rings. The SMILES string of the molecule is CCCCCCCC(=O)N(CCC)CC(=O)Nc1cc(C(C)(C)C)nn1-c1cccc(C)c1. The largest absolute Gasteiger partial charge is 0.333 e. The molecule has 2 aromatic rings. The second-order valence-electron chi connectivity index (χ2n) is 9.94. The molecular formula is C27H42N4O2. The molecule has 0 aliphatic heterocycles. The van der Waals surface area contributed by atoms with Gasteiger partial charge in [0.2, 0.25) is 11.8 Å². The van der Waals surface area contributed by atoms with Gasteiger partial charge in [-0.15, -0.1) is 0 Å². The summed E-state index contributed by atoms with van der Waals surface area (Å²) in [6, 6.07) is 9.97. The molecule has 0 bridgehead atoms. The van der Waals surface area contributed by atoms with Crippen LogP contribution in [0.5, 0.6) is 0 Å². The molecule has 0 saturated carbocycles. The van der Waals surface area contributed by atoms with Gasteiger partial charge in [0.05, 0.1) is 17.9 Å². The molecule has 0 unspecified atom stereocenters. The first-order valence-corrected chi connectivity index (χ1v) is 12.4. The summed E-state index contributed by atoms with van der Waals surface area (Å²) in [5.41, 5.74) is 2.76.